The maximum Gasteiger partial charge on any atom is 0.248 e. The fraction of sp³-hybridized carbons (Fsp3) is 0.667. The van der Waals surface area contributed by atoms with E-state index < -0.39 is 11.6 Å². The van der Waals surface area contributed by atoms with Crippen molar-refractivity contribution < 1.29 is 18.3 Å². The molecule has 1 amide bonds. The van der Waals surface area contributed by atoms with E-state index in [1.807, 2.05) is 4.90 Å². The summed E-state index contributed by atoms with van der Waals surface area (Å²) in [6.07, 6.45) is 4.16. The summed E-state index contributed by atoms with van der Waals surface area (Å²) in [5, 5.41) is 0. The number of carbonyl (C=O) groups excluding carboxylic acids is 1. The topological polar surface area (TPSA) is 32.8 Å². The summed E-state index contributed by atoms with van der Waals surface area (Å²) < 4.78 is 33.2. The van der Waals surface area contributed by atoms with Gasteiger partial charge >= 0.3 is 0 Å². The number of unbranched alkanes of at least 4 members (excludes halogenated alkanes) is 1. The highest BCUT2D eigenvalue weighted by atomic mass is 19.1. The van der Waals surface area contributed by atoms with E-state index in [1.54, 1.807) is 0 Å². The van der Waals surface area contributed by atoms with E-state index in [0.717, 1.165) is 44.8 Å². The number of piperidine rings is 3. The van der Waals surface area contributed by atoms with Crippen molar-refractivity contribution in [2.24, 2.45) is 5.92 Å². The molecule has 4 nitrogen and oxygen atoms in total. The standard InChI is InChI=1S/C21H28F2N2O2/c1-2-3-8-27-13-19(26)25-12-18(15-9-16(22)11-17(23)10-15)21-20(25)14-4-6-24(21)7-5-14/h9-11,14,18,20-21H,2-8,12-13H2,1H3/t18-,20-,21-/m1/s1. The highest BCUT2D eigenvalue weighted by Gasteiger charge is 2.54. The van der Waals surface area contributed by atoms with Crippen LogP contribution in [0.3, 0.4) is 0 Å². The van der Waals surface area contributed by atoms with Gasteiger partial charge in [-0.05, 0) is 56.0 Å². The summed E-state index contributed by atoms with van der Waals surface area (Å²) in [7, 11) is 0. The molecule has 6 heteroatoms. The van der Waals surface area contributed by atoms with Crippen LogP contribution in [0.1, 0.15) is 44.1 Å². The second-order valence-corrected chi connectivity index (χ2v) is 8.12. The smallest absolute Gasteiger partial charge is 0.248 e. The molecule has 0 N–H and O–H groups in total. The Kier molecular flexibility index (Phi) is 5.46. The molecule has 0 aromatic heterocycles. The minimum Gasteiger partial charge on any atom is -0.372 e. The molecule has 4 fully saturated rings. The summed E-state index contributed by atoms with van der Waals surface area (Å²) in [4.78, 5) is 17.2. The first-order valence-corrected chi connectivity index (χ1v) is 10.2. The number of ether oxygens (including phenoxy) is 1. The summed E-state index contributed by atoms with van der Waals surface area (Å²) in [5.41, 5.74) is 0.664. The lowest BCUT2D eigenvalue weighted by molar-refractivity contribution is -0.140. The van der Waals surface area contributed by atoms with E-state index in [-0.39, 0.29) is 30.5 Å². The molecule has 3 atom stereocenters. The zero-order valence-corrected chi connectivity index (χ0v) is 15.9. The number of fused-ring (bicyclic) bond motifs is 2. The van der Waals surface area contributed by atoms with Crippen LogP contribution in [0.5, 0.6) is 0 Å². The van der Waals surface area contributed by atoms with E-state index in [4.69, 9.17) is 4.74 Å². The summed E-state index contributed by atoms with van der Waals surface area (Å²) >= 11 is 0. The van der Waals surface area contributed by atoms with Gasteiger partial charge in [-0.1, -0.05) is 13.3 Å². The zero-order chi connectivity index (χ0) is 19.0. The van der Waals surface area contributed by atoms with Gasteiger partial charge in [-0.25, -0.2) is 8.78 Å². The van der Waals surface area contributed by atoms with Crippen LogP contribution in [0.15, 0.2) is 18.2 Å². The zero-order valence-electron chi connectivity index (χ0n) is 15.9. The van der Waals surface area contributed by atoms with Crippen molar-refractivity contribution in [3.05, 3.63) is 35.4 Å². The third-order valence-electron chi connectivity index (χ3n) is 6.50. The van der Waals surface area contributed by atoms with Gasteiger partial charge in [0.05, 0.1) is 6.04 Å². The van der Waals surface area contributed by atoms with Gasteiger partial charge < -0.3 is 9.64 Å². The molecule has 148 valence electrons. The van der Waals surface area contributed by atoms with Crippen LogP contribution in [0.4, 0.5) is 8.78 Å². The number of benzene rings is 1. The fourth-order valence-electron chi connectivity index (χ4n) is 5.28. The molecular formula is C21H28F2N2O2. The van der Waals surface area contributed by atoms with Gasteiger partial charge in [0.15, 0.2) is 0 Å². The molecular weight excluding hydrogens is 350 g/mol. The molecule has 4 heterocycles. The fourth-order valence-corrected chi connectivity index (χ4v) is 5.28. The largest absolute Gasteiger partial charge is 0.372 e. The lowest BCUT2D eigenvalue weighted by atomic mass is 9.75. The second kappa shape index (κ2) is 7.84. The molecule has 0 radical (unpaired) electrons. The van der Waals surface area contributed by atoms with Crippen LogP contribution in [-0.2, 0) is 9.53 Å². The first kappa shape index (κ1) is 18.8. The minimum atomic E-state index is -0.551. The van der Waals surface area contributed by atoms with Gasteiger partial charge in [0.25, 0.3) is 0 Å². The number of rotatable bonds is 6. The molecule has 4 aliphatic rings. The predicted octanol–water partition coefficient (Wildman–Crippen LogP) is 3.17. The van der Waals surface area contributed by atoms with Crippen molar-refractivity contribution >= 4 is 5.91 Å². The normalized spacial score (nSPS) is 32.0. The van der Waals surface area contributed by atoms with Crippen molar-refractivity contribution in [2.45, 2.75) is 50.6 Å². The van der Waals surface area contributed by atoms with Crippen LogP contribution in [0.2, 0.25) is 0 Å². The Morgan fingerprint density at radius 1 is 1.15 bits per heavy atom. The average molecular weight is 378 g/mol. The Labute approximate surface area is 159 Å². The molecule has 4 saturated heterocycles. The molecule has 5 rings (SSSR count). The van der Waals surface area contributed by atoms with E-state index in [0.29, 0.717) is 24.6 Å². The molecule has 0 spiro atoms. The van der Waals surface area contributed by atoms with Crippen LogP contribution in [0, 0.1) is 17.6 Å². The second-order valence-electron chi connectivity index (χ2n) is 8.12. The lowest BCUT2D eigenvalue weighted by Gasteiger charge is -2.51. The lowest BCUT2D eigenvalue weighted by Crippen LogP contribution is -2.61. The number of likely N-dealkylation sites (tertiary alicyclic amines) is 1. The van der Waals surface area contributed by atoms with Gasteiger partial charge in [0, 0.05) is 31.2 Å². The van der Waals surface area contributed by atoms with E-state index >= 15 is 0 Å². The molecule has 0 unspecified atom stereocenters. The Balaban J connectivity index is 1.57. The Bertz CT molecular complexity index is 671. The third kappa shape index (κ3) is 3.61. The Hall–Kier alpha value is -1.53. The molecule has 0 aliphatic carbocycles. The Morgan fingerprint density at radius 3 is 2.52 bits per heavy atom. The number of hydrogen-bond donors (Lipinski definition) is 0. The molecule has 2 bridgehead atoms. The van der Waals surface area contributed by atoms with Crippen molar-refractivity contribution in [2.75, 3.05) is 32.8 Å². The molecule has 27 heavy (non-hydrogen) atoms. The summed E-state index contributed by atoms with van der Waals surface area (Å²) in [6, 6.07) is 4.05. The van der Waals surface area contributed by atoms with Gasteiger partial charge in [-0.15, -0.1) is 0 Å². The summed E-state index contributed by atoms with van der Waals surface area (Å²) in [6.45, 7) is 5.32. The van der Waals surface area contributed by atoms with Crippen molar-refractivity contribution in [1.82, 2.24) is 9.80 Å². The van der Waals surface area contributed by atoms with E-state index in [9.17, 15) is 13.6 Å². The van der Waals surface area contributed by atoms with Gasteiger partial charge in [-0.3, -0.25) is 9.69 Å². The van der Waals surface area contributed by atoms with Crippen molar-refractivity contribution in [1.29, 1.82) is 0 Å². The van der Waals surface area contributed by atoms with Crippen LogP contribution >= 0.6 is 0 Å². The maximum absolute atomic E-state index is 13.8. The maximum atomic E-state index is 13.8. The number of halogens is 2. The number of carbonyl (C=O) groups is 1. The molecule has 4 aliphatic heterocycles. The highest BCUT2D eigenvalue weighted by Crippen LogP contribution is 2.46. The number of hydrogen-bond acceptors (Lipinski definition) is 3. The van der Waals surface area contributed by atoms with Gasteiger partial charge in [-0.2, -0.15) is 0 Å². The SMILES string of the molecule is CCCCOCC(=O)N1C[C@H](c2cc(F)cc(F)c2)[C@@H]2[C@H]1C1CCN2CC1. The predicted molar refractivity (Wildman–Crippen MR) is 98.4 cm³/mol. The van der Waals surface area contributed by atoms with Crippen LogP contribution in [0.25, 0.3) is 0 Å². The first-order chi connectivity index (χ1) is 13.1. The number of nitrogens with zero attached hydrogens (tertiary/aromatic N) is 2. The molecule has 1 aromatic carbocycles. The highest BCUT2D eigenvalue weighted by molar-refractivity contribution is 5.78. The van der Waals surface area contributed by atoms with Crippen molar-refractivity contribution in [3.8, 4) is 0 Å². The van der Waals surface area contributed by atoms with E-state index in [2.05, 4.69) is 11.8 Å². The number of amides is 1. The van der Waals surface area contributed by atoms with Gasteiger partial charge in [0.2, 0.25) is 5.91 Å². The molecule has 0 saturated carbocycles. The van der Waals surface area contributed by atoms with Crippen LogP contribution < -0.4 is 0 Å². The Morgan fingerprint density at radius 2 is 1.85 bits per heavy atom. The first-order valence-electron chi connectivity index (χ1n) is 10.2. The average Bonchev–Trinajstić information content (AvgIpc) is 3.08. The quantitative estimate of drug-likeness (QED) is 0.713. The summed E-state index contributed by atoms with van der Waals surface area (Å²) in [5.74, 6) is -0.671. The monoisotopic (exact) mass is 378 g/mol. The van der Waals surface area contributed by atoms with Crippen molar-refractivity contribution in [3.63, 3.8) is 0 Å². The molecule has 1 aromatic rings. The van der Waals surface area contributed by atoms with Gasteiger partial charge in [0.1, 0.15) is 18.2 Å². The van der Waals surface area contributed by atoms with E-state index in [1.165, 1.54) is 12.1 Å². The van der Waals surface area contributed by atoms with Crippen LogP contribution in [-0.4, -0.2) is 60.6 Å². The minimum absolute atomic E-state index is 0.00854. The third-order valence-corrected chi connectivity index (χ3v) is 6.50.